The van der Waals surface area contributed by atoms with E-state index in [1.165, 1.54) is 0 Å². The smallest absolute Gasteiger partial charge is 0.229 e. The Morgan fingerprint density at radius 3 is 2.78 bits per heavy atom. The van der Waals surface area contributed by atoms with E-state index in [0.29, 0.717) is 13.0 Å². The molecular weight excluding hydrogens is 308 g/mol. The molecular formula is C18H20N2O2S. The third kappa shape index (κ3) is 4.20. The number of anilines is 1. The fourth-order valence-electron chi connectivity index (χ4n) is 2.86. The fraction of sp³-hybridized carbons (Fsp3) is 0.333. The highest BCUT2D eigenvalue weighted by Gasteiger charge is 2.28. The molecule has 1 unspecified atom stereocenters. The maximum atomic E-state index is 12.4. The van der Waals surface area contributed by atoms with Crippen LogP contribution in [0.5, 0.6) is 0 Å². The number of hydrogen-bond acceptors (Lipinski definition) is 3. The summed E-state index contributed by atoms with van der Waals surface area (Å²) in [7, 11) is 0. The lowest BCUT2D eigenvalue weighted by Crippen LogP contribution is -2.44. The summed E-state index contributed by atoms with van der Waals surface area (Å²) in [6, 6.07) is 11.4. The predicted octanol–water partition coefficient (Wildman–Crippen LogP) is 3.17. The molecule has 0 aliphatic carbocycles. The van der Waals surface area contributed by atoms with E-state index < -0.39 is 0 Å². The van der Waals surface area contributed by atoms with Crippen LogP contribution in [0, 0.1) is 5.92 Å². The van der Waals surface area contributed by atoms with Crippen LogP contribution >= 0.6 is 11.3 Å². The van der Waals surface area contributed by atoms with Crippen LogP contribution in [0.1, 0.15) is 18.4 Å². The molecule has 1 aromatic carbocycles. The average Bonchev–Trinajstić information content (AvgIpc) is 3.09. The molecule has 2 heterocycles. The van der Waals surface area contributed by atoms with E-state index in [0.717, 1.165) is 30.6 Å². The highest BCUT2D eigenvalue weighted by atomic mass is 32.1. The number of carbonyl (C=O) groups excluding carboxylic acids is 2. The van der Waals surface area contributed by atoms with Crippen molar-refractivity contribution in [2.75, 3.05) is 18.4 Å². The van der Waals surface area contributed by atoms with E-state index in [1.54, 1.807) is 11.3 Å². The molecule has 1 aromatic heterocycles. The number of thiophene rings is 1. The molecule has 4 nitrogen and oxygen atoms in total. The van der Waals surface area contributed by atoms with Gasteiger partial charge in [-0.25, -0.2) is 0 Å². The first-order valence-corrected chi connectivity index (χ1v) is 8.81. The summed E-state index contributed by atoms with van der Waals surface area (Å²) in [5, 5.41) is 6.92. The van der Waals surface area contributed by atoms with Crippen LogP contribution in [0.4, 0.5) is 5.69 Å². The first-order valence-electron chi connectivity index (χ1n) is 7.87. The summed E-state index contributed by atoms with van der Waals surface area (Å²) in [6.45, 7) is 1.26. The Morgan fingerprint density at radius 2 is 2.04 bits per heavy atom. The fourth-order valence-corrected chi connectivity index (χ4v) is 3.53. The van der Waals surface area contributed by atoms with Gasteiger partial charge in [0.2, 0.25) is 11.8 Å². The van der Waals surface area contributed by atoms with Crippen molar-refractivity contribution in [3.8, 4) is 0 Å². The number of benzene rings is 1. The Bertz CT molecular complexity index is 655. The zero-order chi connectivity index (χ0) is 16.1. The number of para-hydroxylation sites is 1. The zero-order valence-electron chi connectivity index (χ0n) is 12.9. The molecule has 0 spiro atoms. The van der Waals surface area contributed by atoms with Gasteiger partial charge >= 0.3 is 0 Å². The third-order valence-corrected chi connectivity index (χ3v) is 4.85. The molecule has 1 aliphatic heterocycles. The van der Waals surface area contributed by atoms with E-state index in [1.807, 2.05) is 52.1 Å². The van der Waals surface area contributed by atoms with Gasteiger partial charge in [-0.15, -0.1) is 0 Å². The lowest BCUT2D eigenvalue weighted by Gasteiger charge is -2.32. The molecule has 2 amide bonds. The number of carbonyl (C=O) groups is 2. The highest BCUT2D eigenvalue weighted by Crippen LogP contribution is 2.20. The van der Waals surface area contributed by atoms with Crippen molar-refractivity contribution in [2.24, 2.45) is 5.92 Å². The van der Waals surface area contributed by atoms with Gasteiger partial charge in [0.25, 0.3) is 0 Å². The highest BCUT2D eigenvalue weighted by molar-refractivity contribution is 7.08. The number of likely N-dealkylation sites (tertiary alicyclic amines) is 1. The number of nitrogens with one attached hydrogen (secondary N) is 1. The lowest BCUT2D eigenvalue weighted by molar-refractivity contribution is -0.133. The van der Waals surface area contributed by atoms with Gasteiger partial charge in [0.15, 0.2) is 0 Å². The minimum absolute atomic E-state index is 0.00392. The van der Waals surface area contributed by atoms with Crippen LogP contribution in [0.15, 0.2) is 47.2 Å². The van der Waals surface area contributed by atoms with Crippen LogP contribution in [0.2, 0.25) is 0 Å². The van der Waals surface area contributed by atoms with Crippen molar-refractivity contribution < 1.29 is 9.59 Å². The maximum absolute atomic E-state index is 12.4. The second-order valence-electron chi connectivity index (χ2n) is 5.84. The molecule has 1 N–H and O–H groups in total. The molecule has 1 saturated heterocycles. The van der Waals surface area contributed by atoms with Gasteiger partial charge < -0.3 is 10.2 Å². The van der Waals surface area contributed by atoms with Gasteiger partial charge in [-0.1, -0.05) is 18.2 Å². The van der Waals surface area contributed by atoms with E-state index in [2.05, 4.69) is 5.32 Å². The standard InChI is InChI=1S/C18H20N2O2S/c21-17(11-14-8-10-23-13-14)20-9-4-5-15(12-20)18(22)19-16-6-2-1-3-7-16/h1-3,6-8,10,13,15H,4-5,9,11-12H2,(H,19,22). The second kappa shape index (κ2) is 7.42. The molecule has 120 valence electrons. The monoisotopic (exact) mass is 328 g/mol. The normalized spacial score (nSPS) is 17.7. The maximum Gasteiger partial charge on any atom is 0.229 e. The van der Waals surface area contributed by atoms with E-state index >= 15 is 0 Å². The van der Waals surface area contributed by atoms with Crippen molar-refractivity contribution >= 4 is 28.8 Å². The Balaban J connectivity index is 1.57. The number of hydrogen-bond donors (Lipinski definition) is 1. The minimum atomic E-state index is -0.129. The topological polar surface area (TPSA) is 49.4 Å². The van der Waals surface area contributed by atoms with Crippen LogP contribution in [0.3, 0.4) is 0 Å². The number of amides is 2. The van der Waals surface area contributed by atoms with Gasteiger partial charge in [0, 0.05) is 18.8 Å². The Morgan fingerprint density at radius 1 is 1.22 bits per heavy atom. The summed E-state index contributed by atoms with van der Waals surface area (Å²) in [6.07, 6.45) is 2.14. The quantitative estimate of drug-likeness (QED) is 0.937. The SMILES string of the molecule is O=C(Nc1ccccc1)C1CCCN(C(=O)Cc2ccsc2)C1. The average molecular weight is 328 g/mol. The van der Waals surface area contributed by atoms with Gasteiger partial charge in [-0.2, -0.15) is 11.3 Å². The van der Waals surface area contributed by atoms with Crippen LogP contribution < -0.4 is 5.32 Å². The predicted molar refractivity (Wildman–Crippen MR) is 92.4 cm³/mol. The van der Waals surface area contributed by atoms with Crippen molar-refractivity contribution in [1.82, 2.24) is 4.90 Å². The second-order valence-corrected chi connectivity index (χ2v) is 6.62. The molecule has 0 bridgehead atoms. The van der Waals surface area contributed by atoms with Crippen LogP contribution in [-0.2, 0) is 16.0 Å². The molecule has 0 saturated carbocycles. The molecule has 1 atom stereocenters. The summed E-state index contributed by atoms with van der Waals surface area (Å²) in [5.74, 6) is -0.0137. The van der Waals surface area contributed by atoms with Gasteiger partial charge in [0.1, 0.15) is 0 Å². The largest absolute Gasteiger partial charge is 0.342 e. The van der Waals surface area contributed by atoms with E-state index in [4.69, 9.17) is 0 Å². The molecule has 0 radical (unpaired) electrons. The molecule has 1 aliphatic rings. The number of piperidine rings is 1. The molecule has 3 rings (SSSR count). The molecule has 23 heavy (non-hydrogen) atoms. The van der Waals surface area contributed by atoms with Gasteiger partial charge in [-0.05, 0) is 47.4 Å². The van der Waals surface area contributed by atoms with Crippen molar-refractivity contribution in [1.29, 1.82) is 0 Å². The lowest BCUT2D eigenvalue weighted by atomic mass is 9.96. The first kappa shape index (κ1) is 15.7. The number of rotatable bonds is 4. The van der Waals surface area contributed by atoms with E-state index in [9.17, 15) is 9.59 Å². The molecule has 1 fully saturated rings. The van der Waals surface area contributed by atoms with E-state index in [-0.39, 0.29) is 17.7 Å². The summed E-state index contributed by atoms with van der Waals surface area (Å²) in [4.78, 5) is 26.6. The Hall–Kier alpha value is -2.14. The van der Waals surface area contributed by atoms with Crippen molar-refractivity contribution in [3.63, 3.8) is 0 Å². The van der Waals surface area contributed by atoms with Crippen molar-refractivity contribution in [2.45, 2.75) is 19.3 Å². The summed E-state index contributed by atoms with van der Waals surface area (Å²) < 4.78 is 0. The Kier molecular flexibility index (Phi) is 5.08. The summed E-state index contributed by atoms with van der Waals surface area (Å²) >= 11 is 1.60. The van der Waals surface area contributed by atoms with Gasteiger partial charge in [-0.3, -0.25) is 9.59 Å². The Labute approximate surface area is 140 Å². The minimum Gasteiger partial charge on any atom is -0.342 e. The third-order valence-electron chi connectivity index (χ3n) is 4.12. The zero-order valence-corrected chi connectivity index (χ0v) is 13.7. The van der Waals surface area contributed by atoms with Crippen LogP contribution in [0.25, 0.3) is 0 Å². The first-order chi connectivity index (χ1) is 11.2. The molecule has 2 aromatic rings. The molecule has 5 heteroatoms. The number of nitrogens with zero attached hydrogens (tertiary/aromatic N) is 1. The van der Waals surface area contributed by atoms with Crippen LogP contribution in [-0.4, -0.2) is 29.8 Å². The van der Waals surface area contributed by atoms with Crippen molar-refractivity contribution in [3.05, 3.63) is 52.7 Å². The summed E-state index contributed by atoms with van der Waals surface area (Å²) in [5.41, 5.74) is 1.86. The van der Waals surface area contributed by atoms with Gasteiger partial charge in [0.05, 0.1) is 12.3 Å².